The van der Waals surface area contributed by atoms with Gasteiger partial charge in [-0.1, -0.05) is 30.3 Å². The number of carboxylic acid groups (broad SMARTS) is 1. The first-order valence-corrected chi connectivity index (χ1v) is 7.54. The Morgan fingerprint density at radius 3 is 2.26 bits per heavy atom. The molecule has 3 rings (SSSR count). The monoisotopic (exact) mass is 325 g/mol. The Morgan fingerprint density at radius 1 is 1.00 bits per heavy atom. The van der Waals surface area contributed by atoms with Crippen LogP contribution in [0, 0.1) is 0 Å². The van der Waals surface area contributed by atoms with Gasteiger partial charge < -0.3 is 5.11 Å². The van der Waals surface area contributed by atoms with E-state index in [-0.39, 0.29) is 16.7 Å². The number of carbonyl (C=O) groups excluding carboxylic acids is 2. The molecule has 114 valence electrons. The van der Waals surface area contributed by atoms with E-state index in [4.69, 9.17) is 5.11 Å². The predicted octanol–water partition coefficient (Wildman–Crippen LogP) is 3.63. The number of hydrogen-bond donors (Lipinski definition) is 1. The minimum atomic E-state index is -1.01. The van der Waals surface area contributed by atoms with Gasteiger partial charge in [-0.3, -0.25) is 9.59 Å². The normalized spacial score (nSPS) is 16.2. The molecule has 1 saturated heterocycles. The van der Waals surface area contributed by atoms with Crippen LogP contribution in [0.5, 0.6) is 0 Å². The Labute approximate surface area is 136 Å². The molecule has 1 aliphatic rings. The number of imide groups is 1. The Morgan fingerprint density at radius 2 is 1.65 bits per heavy atom. The number of carboxylic acids is 1. The summed E-state index contributed by atoms with van der Waals surface area (Å²) in [4.78, 5) is 36.8. The zero-order valence-electron chi connectivity index (χ0n) is 11.8. The zero-order valence-corrected chi connectivity index (χ0v) is 12.6. The van der Waals surface area contributed by atoms with E-state index in [1.54, 1.807) is 42.5 Å². The molecule has 6 heteroatoms. The number of thioether (sulfide) groups is 1. The fourth-order valence-electron chi connectivity index (χ4n) is 2.14. The van der Waals surface area contributed by atoms with Crippen molar-refractivity contribution < 1.29 is 19.5 Å². The van der Waals surface area contributed by atoms with E-state index in [0.717, 1.165) is 16.7 Å². The summed E-state index contributed by atoms with van der Waals surface area (Å²) in [7, 11) is 0. The van der Waals surface area contributed by atoms with Crippen LogP contribution in [0.1, 0.15) is 15.9 Å². The van der Waals surface area contributed by atoms with Crippen molar-refractivity contribution in [1.29, 1.82) is 0 Å². The fraction of sp³-hybridized carbons (Fsp3) is 0. The van der Waals surface area contributed by atoms with Crippen molar-refractivity contribution in [2.75, 3.05) is 4.90 Å². The first kappa shape index (κ1) is 15.1. The van der Waals surface area contributed by atoms with E-state index < -0.39 is 5.97 Å². The summed E-state index contributed by atoms with van der Waals surface area (Å²) in [6, 6.07) is 14.8. The van der Waals surface area contributed by atoms with E-state index in [9.17, 15) is 14.4 Å². The van der Waals surface area contributed by atoms with Gasteiger partial charge >= 0.3 is 5.97 Å². The van der Waals surface area contributed by atoms with Crippen LogP contribution in [0.4, 0.5) is 10.5 Å². The number of benzene rings is 2. The van der Waals surface area contributed by atoms with Gasteiger partial charge in [0.05, 0.1) is 16.2 Å². The molecule has 0 atom stereocenters. The molecular formula is C17H11NO4S. The second-order valence-corrected chi connectivity index (χ2v) is 5.77. The van der Waals surface area contributed by atoms with Gasteiger partial charge in [0.15, 0.2) is 0 Å². The van der Waals surface area contributed by atoms with Crippen LogP contribution in [0.15, 0.2) is 59.5 Å². The SMILES string of the molecule is O=C(O)c1ccc(/C=C2/SC(=O)N(c3ccccc3)C2=O)cc1. The summed E-state index contributed by atoms with van der Waals surface area (Å²) in [5.74, 6) is -1.39. The van der Waals surface area contributed by atoms with Gasteiger partial charge in [0, 0.05) is 0 Å². The molecule has 5 nitrogen and oxygen atoms in total. The number of amides is 2. The summed E-state index contributed by atoms with van der Waals surface area (Å²) in [5.41, 5.74) is 1.35. The van der Waals surface area contributed by atoms with Crippen LogP contribution in [0.2, 0.25) is 0 Å². The molecule has 0 aliphatic carbocycles. The third kappa shape index (κ3) is 3.02. The van der Waals surface area contributed by atoms with Crippen molar-refractivity contribution in [1.82, 2.24) is 0 Å². The quantitative estimate of drug-likeness (QED) is 0.872. The zero-order chi connectivity index (χ0) is 16.4. The number of carbonyl (C=O) groups is 3. The van der Waals surface area contributed by atoms with Gasteiger partial charge in [0.1, 0.15) is 0 Å². The van der Waals surface area contributed by atoms with Gasteiger partial charge in [-0.25, -0.2) is 9.69 Å². The molecule has 1 N–H and O–H groups in total. The van der Waals surface area contributed by atoms with Gasteiger partial charge in [-0.15, -0.1) is 0 Å². The molecule has 23 heavy (non-hydrogen) atoms. The van der Waals surface area contributed by atoms with Crippen LogP contribution in [-0.2, 0) is 4.79 Å². The van der Waals surface area contributed by atoms with E-state index in [2.05, 4.69) is 0 Å². The lowest BCUT2D eigenvalue weighted by Crippen LogP contribution is -2.27. The molecule has 2 aromatic carbocycles. The number of aromatic carboxylic acids is 1. The topological polar surface area (TPSA) is 74.7 Å². The predicted molar refractivity (Wildman–Crippen MR) is 88.3 cm³/mol. The summed E-state index contributed by atoms with van der Waals surface area (Å²) in [5, 5.41) is 8.52. The fourth-order valence-corrected chi connectivity index (χ4v) is 2.98. The van der Waals surface area contributed by atoms with E-state index in [1.807, 2.05) is 6.07 Å². The minimum Gasteiger partial charge on any atom is -0.478 e. The first-order valence-electron chi connectivity index (χ1n) is 6.72. The molecule has 0 saturated carbocycles. The lowest BCUT2D eigenvalue weighted by molar-refractivity contribution is -0.113. The smallest absolute Gasteiger partial charge is 0.335 e. The minimum absolute atomic E-state index is 0.166. The lowest BCUT2D eigenvalue weighted by atomic mass is 10.1. The van der Waals surface area contributed by atoms with Gasteiger partial charge in [-0.05, 0) is 47.7 Å². The van der Waals surface area contributed by atoms with E-state index in [0.29, 0.717) is 16.2 Å². The molecule has 2 amide bonds. The molecule has 0 spiro atoms. The molecule has 0 bridgehead atoms. The van der Waals surface area contributed by atoms with Crippen LogP contribution in [-0.4, -0.2) is 22.2 Å². The first-order chi connectivity index (χ1) is 11.1. The van der Waals surface area contributed by atoms with Crippen LogP contribution < -0.4 is 4.90 Å². The van der Waals surface area contributed by atoms with Gasteiger partial charge in [-0.2, -0.15) is 0 Å². The van der Waals surface area contributed by atoms with Crippen molar-refractivity contribution in [3.05, 3.63) is 70.6 Å². The average molecular weight is 325 g/mol. The van der Waals surface area contributed by atoms with E-state index in [1.165, 1.54) is 12.1 Å². The number of hydrogen-bond acceptors (Lipinski definition) is 4. The van der Waals surface area contributed by atoms with Crippen molar-refractivity contribution in [3.8, 4) is 0 Å². The molecule has 1 heterocycles. The number of nitrogens with zero attached hydrogens (tertiary/aromatic N) is 1. The summed E-state index contributed by atoms with van der Waals surface area (Å²) in [6.45, 7) is 0. The van der Waals surface area contributed by atoms with E-state index >= 15 is 0 Å². The Balaban J connectivity index is 1.88. The molecule has 0 aromatic heterocycles. The third-order valence-corrected chi connectivity index (χ3v) is 4.13. The Kier molecular flexibility index (Phi) is 3.99. The van der Waals surface area contributed by atoms with Crippen molar-refractivity contribution in [2.24, 2.45) is 0 Å². The molecule has 1 aliphatic heterocycles. The summed E-state index contributed by atoms with van der Waals surface area (Å²) in [6.07, 6.45) is 1.58. The van der Waals surface area contributed by atoms with Crippen LogP contribution in [0.3, 0.4) is 0 Å². The summed E-state index contributed by atoms with van der Waals surface area (Å²) >= 11 is 0.864. The largest absolute Gasteiger partial charge is 0.478 e. The Bertz CT molecular complexity index is 812. The maximum Gasteiger partial charge on any atom is 0.335 e. The average Bonchev–Trinajstić information content (AvgIpc) is 2.82. The highest BCUT2D eigenvalue weighted by Crippen LogP contribution is 2.35. The highest BCUT2D eigenvalue weighted by atomic mass is 32.2. The van der Waals surface area contributed by atoms with Gasteiger partial charge in [0.25, 0.3) is 11.1 Å². The maximum atomic E-state index is 12.4. The molecule has 0 unspecified atom stereocenters. The highest BCUT2D eigenvalue weighted by Gasteiger charge is 2.36. The summed E-state index contributed by atoms with van der Waals surface area (Å²) < 4.78 is 0. The third-order valence-electron chi connectivity index (χ3n) is 3.26. The van der Waals surface area contributed by atoms with Gasteiger partial charge in [0.2, 0.25) is 0 Å². The molecular weight excluding hydrogens is 314 g/mol. The number of anilines is 1. The molecule has 1 fully saturated rings. The van der Waals surface area contributed by atoms with Crippen LogP contribution >= 0.6 is 11.8 Å². The van der Waals surface area contributed by atoms with Crippen molar-refractivity contribution in [2.45, 2.75) is 0 Å². The second-order valence-electron chi connectivity index (χ2n) is 4.78. The Hall–Kier alpha value is -2.86. The molecule has 0 radical (unpaired) electrons. The highest BCUT2D eigenvalue weighted by molar-refractivity contribution is 8.19. The van der Waals surface area contributed by atoms with Crippen LogP contribution in [0.25, 0.3) is 6.08 Å². The van der Waals surface area contributed by atoms with Crippen molar-refractivity contribution >= 4 is 40.6 Å². The van der Waals surface area contributed by atoms with Crippen molar-refractivity contribution in [3.63, 3.8) is 0 Å². The number of para-hydroxylation sites is 1. The molecule has 2 aromatic rings. The number of rotatable bonds is 3. The lowest BCUT2D eigenvalue weighted by Gasteiger charge is -2.11. The second kappa shape index (κ2) is 6.10. The standard InChI is InChI=1S/C17H11NO4S/c19-15-14(10-11-6-8-12(9-7-11)16(20)21)23-17(22)18(15)13-4-2-1-3-5-13/h1-10H,(H,20,21)/b14-10+. The maximum absolute atomic E-state index is 12.4.